The van der Waals surface area contributed by atoms with Crippen molar-refractivity contribution in [3.8, 4) is 0 Å². The van der Waals surface area contributed by atoms with Crippen molar-refractivity contribution in [2.24, 2.45) is 0 Å². The Kier molecular flexibility index (Phi) is 5.92. The number of carbonyl (C=O) groups is 1. The monoisotopic (exact) mass is 411 g/mol. The fourth-order valence-electron chi connectivity index (χ4n) is 2.15. The molecule has 0 aliphatic heterocycles. The normalized spacial score (nSPS) is 11.2. The Bertz CT molecular complexity index is 920. The molecule has 0 fully saturated rings. The van der Waals surface area contributed by atoms with Gasteiger partial charge in [0, 0.05) is 10.3 Å². The Morgan fingerprint density at radius 2 is 1.92 bits per heavy atom. The highest BCUT2D eigenvalue weighted by atomic mass is 32.2. The van der Waals surface area contributed by atoms with E-state index in [1.165, 1.54) is 33.5 Å². The summed E-state index contributed by atoms with van der Waals surface area (Å²) in [7, 11) is 0. The van der Waals surface area contributed by atoms with Crippen molar-refractivity contribution < 1.29 is 4.79 Å². The number of hydrogen-bond acceptors (Lipinski definition) is 9. The molecule has 3 rings (SSSR count). The molecule has 0 saturated heterocycles. The summed E-state index contributed by atoms with van der Waals surface area (Å²) >= 11 is 6.10. The molecule has 0 aliphatic rings. The van der Waals surface area contributed by atoms with Crippen LogP contribution in [0.3, 0.4) is 0 Å². The molecule has 0 radical (unpaired) electrons. The number of thiophene rings is 1. The van der Waals surface area contributed by atoms with Gasteiger partial charge in [0.15, 0.2) is 4.34 Å². The molecule has 3 aromatic heterocycles. The molecule has 0 saturated carbocycles. The van der Waals surface area contributed by atoms with Crippen LogP contribution in [0.15, 0.2) is 9.37 Å². The number of nitrogens with one attached hydrogen (secondary N) is 1. The molecule has 1 N–H and O–H groups in total. The lowest BCUT2D eigenvalue weighted by Crippen LogP contribution is -2.14. The van der Waals surface area contributed by atoms with Crippen molar-refractivity contribution in [1.82, 2.24) is 20.2 Å². The van der Waals surface area contributed by atoms with Gasteiger partial charge in [0.25, 0.3) is 0 Å². The molecular formula is C15H17N5OS4. The topological polar surface area (TPSA) is 80.7 Å². The van der Waals surface area contributed by atoms with Gasteiger partial charge in [0.1, 0.15) is 15.7 Å². The van der Waals surface area contributed by atoms with Crippen molar-refractivity contribution in [1.29, 1.82) is 0 Å². The zero-order chi connectivity index (χ0) is 18.0. The predicted molar refractivity (Wildman–Crippen MR) is 107 cm³/mol. The third-order valence-electron chi connectivity index (χ3n) is 3.37. The number of nitrogens with zero attached hydrogens (tertiary/aromatic N) is 4. The molecular weight excluding hydrogens is 394 g/mol. The highest BCUT2D eigenvalue weighted by molar-refractivity contribution is 8.01. The van der Waals surface area contributed by atoms with Crippen molar-refractivity contribution in [2.75, 3.05) is 16.8 Å². The Morgan fingerprint density at radius 3 is 2.68 bits per heavy atom. The number of thioether (sulfide) groups is 2. The van der Waals surface area contributed by atoms with Crippen LogP contribution < -0.4 is 5.32 Å². The lowest BCUT2D eigenvalue weighted by molar-refractivity contribution is -0.113. The fourth-order valence-corrected chi connectivity index (χ4v) is 5.89. The van der Waals surface area contributed by atoms with Crippen LogP contribution in [0, 0.1) is 20.8 Å². The highest BCUT2D eigenvalue weighted by Gasteiger charge is 2.16. The zero-order valence-corrected chi connectivity index (χ0v) is 17.5. The summed E-state index contributed by atoms with van der Waals surface area (Å²) < 4.78 is 0.864. The van der Waals surface area contributed by atoms with Crippen LogP contribution in [-0.2, 0) is 4.79 Å². The lowest BCUT2D eigenvalue weighted by Gasteiger charge is -2.05. The summed E-state index contributed by atoms with van der Waals surface area (Å²) in [6, 6.07) is 0. The molecule has 0 spiro atoms. The van der Waals surface area contributed by atoms with E-state index < -0.39 is 0 Å². The van der Waals surface area contributed by atoms with E-state index >= 15 is 0 Å². The van der Waals surface area contributed by atoms with Crippen LogP contribution >= 0.6 is 46.2 Å². The molecule has 0 atom stereocenters. The van der Waals surface area contributed by atoms with Gasteiger partial charge in [-0.05, 0) is 32.1 Å². The average Bonchev–Trinajstić information content (AvgIpc) is 3.10. The van der Waals surface area contributed by atoms with Gasteiger partial charge >= 0.3 is 0 Å². The first-order valence-corrected chi connectivity index (χ1v) is 11.2. The first-order valence-electron chi connectivity index (χ1n) is 7.61. The Hall–Kier alpha value is -1.23. The van der Waals surface area contributed by atoms with E-state index in [1.807, 2.05) is 6.92 Å². The smallest absolute Gasteiger partial charge is 0.236 e. The maximum atomic E-state index is 12.2. The van der Waals surface area contributed by atoms with Gasteiger partial charge in [-0.25, -0.2) is 9.97 Å². The number of rotatable bonds is 6. The maximum Gasteiger partial charge on any atom is 0.236 e. The molecule has 10 heteroatoms. The van der Waals surface area contributed by atoms with Crippen LogP contribution in [0.2, 0.25) is 0 Å². The van der Waals surface area contributed by atoms with Crippen LogP contribution in [-0.4, -0.2) is 37.6 Å². The molecule has 132 valence electrons. The molecule has 0 aromatic carbocycles. The number of amides is 1. The minimum atomic E-state index is -0.108. The first kappa shape index (κ1) is 18.6. The second-order valence-electron chi connectivity index (χ2n) is 5.18. The van der Waals surface area contributed by atoms with E-state index in [2.05, 4.69) is 46.3 Å². The molecule has 3 heterocycles. The molecule has 0 aliphatic carbocycles. The van der Waals surface area contributed by atoms with E-state index in [4.69, 9.17) is 0 Å². The van der Waals surface area contributed by atoms with Gasteiger partial charge in [-0.2, -0.15) is 0 Å². The molecule has 25 heavy (non-hydrogen) atoms. The minimum Gasteiger partial charge on any atom is -0.300 e. The number of hydrogen-bond donors (Lipinski definition) is 1. The molecule has 0 bridgehead atoms. The van der Waals surface area contributed by atoms with Crippen molar-refractivity contribution in [2.45, 2.75) is 37.1 Å². The third kappa shape index (κ3) is 4.30. The summed E-state index contributed by atoms with van der Waals surface area (Å²) in [5, 5.41) is 13.3. The number of fused-ring (bicyclic) bond motifs is 1. The SMILES string of the molecule is CCSc1nnc(NC(=O)CSc2nc(C)nc3sc(C)c(C)c23)s1. The quantitative estimate of drug-likeness (QED) is 0.368. The Balaban J connectivity index is 1.70. The zero-order valence-electron chi connectivity index (χ0n) is 14.2. The average molecular weight is 412 g/mol. The van der Waals surface area contributed by atoms with E-state index in [1.54, 1.807) is 23.1 Å². The van der Waals surface area contributed by atoms with Crippen molar-refractivity contribution in [3.63, 3.8) is 0 Å². The van der Waals surface area contributed by atoms with E-state index in [-0.39, 0.29) is 11.7 Å². The van der Waals surface area contributed by atoms with E-state index in [0.29, 0.717) is 5.13 Å². The Labute approximate surface area is 162 Å². The second-order valence-corrected chi connectivity index (χ2v) is 9.84. The minimum absolute atomic E-state index is 0.108. The van der Waals surface area contributed by atoms with Crippen LogP contribution in [0.5, 0.6) is 0 Å². The van der Waals surface area contributed by atoms with E-state index in [0.717, 1.165) is 31.2 Å². The van der Waals surface area contributed by atoms with Gasteiger partial charge in [-0.1, -0.05) is 41.8 Å². The fraction of sp³-hybridized carbons (Fsp3) is 0.400. The first-order chi connectivity index (χ1) is 12.0. The maximum absolute atomic E-state index is 12.2. The van der Waals surface area contributed by atoms with E-state index in [9.17, 15) is 4.79 Å². The lowest BCUT2D eigenvalue weighted by atomic mass is 10.2. The number of carbonyl (C=O) groups excluding carboxylic acids is 1. The van der Waals surface area contributed by atoms with Gasteiger partial charge in [0.2, 0.25) is 11.0 Å². The summed E-state index contributed by atoms with van der Waals surface area (Å²) in [6.07, 6.45) is 0. The molecule has 0 unspecified atom stereocenters. The van der Waals surface area contributed by atoms with Crippen LogP contribution in [0.25, 0.3) is 10.2 Å². The largest absolute Gasteiger partial charge is 0.300 e. The third-order valence-corrected chi connectivity index (χ3v) is 7.30. The van der Waals surface area contributed by atoms with Crippen molar-refractivity contribution >= 4 is 67.5 Å². The van der Waals surface area contributed by atoms with Gasteiger partial charge < -0.3 is 0 Å². The summed E-state index contributed by atoms with van der Waals surface area (Å²) in [6.45, 7) is 8.09. The summed E-state index contributed by atoms with van der Waals surface area (Å²) in [5.74, 6) is 1.82. The number of aromatic nitrogens is 4. The van der Waals surface area contributed by atoms with Crippen LogP contribution in [0.4, 0.5) is 5.13 Å². The predicted octanol–water partition coefficient (Wildman–Crippen LogP) is 4.31. The summed E-state index contributed by atoms with van der Waals surface area (Å²) in [4.78, 5) is 23.5. The number of aryl methyl sites for hydroxylation is 3. The second kappa shape index (κ2) is 7.98. The molecule has 6 nitrogen and oxygen atoms in total. The van der Waals surface area contributed by atoms with Gasteiger partial charge in [0.05, 0.1) is 5.75 Å². The highest BCUT2D eigenvalue weighted by Crippen LogP contribution is 2.35. The standard InChI is InChI=1S/C15H17N5OS4/c1-5-22-15-20-19-14(25-15)18-10(21)6-23-12-11-7(2)8(3)24-13(11)17-9(4)16-12/h5-6H2,1-4H3,(H,18,19,21). The van der Waals surface area contributed by atoms with Crippen LogP contribution in [0.1, 0.15) is 23.2 Å². The van der Waals surface area contributed by atoms with Gasteiger partial charge in [-0.15, -0.1) is 21.5 Å². The molecule has 1 amide bonds. The number of anilines is 1. The summed E-state index contributed by atoms with van der Waals surface area (Å²) in [5.41, 5.74) is 1.19. The Morgan fingerprint density at radius 1 is 1.12 bits per heavy atom. The molecule has 3 aromatic rings. The van der Waals surface area contributed by atoms with Gasteiger partial charge in [-0.3, -0.25) is 10.1 Å². The van der Waals surface area contributed by atoms with Crippen molar-refractivity contribution in [3.05, 3.63) is 16.3 Å².